The van der Waals surface area contributed by atoms with Crippen molar-refractivity contribution >= 4 is 0 Å². The van der Waals surface area contributed by atoms with Gasteiger partial charge < -0.3 is 9.52 Å². The second-order valence-electron chi connectivity index (χ2n) is 2.61. The summed E-state index contributed by atoms with van der Waals surface area (Å²) < 4.78 is 5.11. The van der Waals surface area contributed by atoms with E-state index in [4.69, 9.17) is 4.42 Å². The summed E-state index contributed by atoms with van der Waals surface area (Å²) in [6, 6.07) is 1.83. The predicted octanol–water partition coefficient (Wildman–Crippen LogP) is 2.03. The predicted molar refractivity (Wildman–Crippen MR) is 46.5 cm³/mol. The molecule has 1 atom stereocenters. The third-order valence-corrected chi connectivity index (χ3v) is 1.68. The van der Waals surface area contributed by atoms with Crippen molar-refractivity contribution in [2.24, 2.45) is 0 Å². The van der Waals surface area contributed by atoms with Gasteiger partial charge in [0.2, 0.25) is 0 Å². The number of aryl methyl sites for hydroxylation is 1. The number of aliphatic hydroxyl groups excluding tert-OH is 1. The van der Waals surface area contributed by atoms with E-state index in [0.29, 0.717) is 12.2 Å². The fourth-order valence-corrected chi connectivity index (χ4v) is 1.02. The molecule has 0 amide bonds. The molecule has 1 aromatic rings. The van der Waals surface area contributed by atoms with Crippen molar-refractivity contribution in [1.29, 1.82) is 0 Å². The topological polar surface area (TPSA) is 33.4 Å². The second kappa shape index (κ2) is 3.99. The van der Waals surface area contributed by atoms with E-state index >= 15 is 0 Å². The Morgan fingerprint density at radius 2 is 2.42 bits per heavy atom. The molecule has 0 fully saturated rings. The summed E-state index contributed by atoms with van der Waals surface area (Å²) in [4.78, 5) is 0. The number of rotatable bonds is 2. The van der Waals surface area contributed by atoms with Gasteiger partial charge in [-0.3, -0.25) is 0 Å². The molecule has 0 saturated heterocycles. The molecule has 12 heavy (non-hydrogen) atoms. The maximum absolute atomic E-state index is 9.53. The number of aliphatic hydroxyl groups is 1. The molecule has 0 aliphatic rings. The molecule has 0 saturated carbocycles. The summed E-state index contributed by atoms with van der Waals surface area (Å²) in [5, 5.41) is 9.53. The largest absolute Gasteiger partial charge is 0.466 e. The lowest BCUT2D eigenvalue weighted by molar-refractivity contribution is 0.154. The average molecular weight is 164 g/mol. The molecule has 0 spiro atoms. The van der Waals surface area contributed by atoms with Gasteiger partial charge in [0, 0.05) is 6.42 Å². The molecule has 2 nitrogen and oxygen atoms in total. The first-order valence-corrected chi connectivity index (χ1v) is 3.87. The third-order valence-electron chi connectivity index (χ3n) is 1.68. The van der Waals surface area contributed by atoms with Gasteiger partial charge in [-0.25, -0.2) is 0 Å². The summed E-state index contributed by atoms with van der Waals surface area (Å²) in [6.45, 7) is 3.66. The van der Waals surface area contributed by atoms with Crippen molar-refractivity contribution in [3.8, 4) is 11.8 Å². The molecule has 0 aromatic carbocycles. The Morgan fingerprint density at radius 1 is 1.67 bits per heavy atom. The van der Waals surface area contributed by atoms with Crippen molar-refractivity contribution in [3.63, 3.8) is 0 Å². The summed E-state index contributed by atoms with van der Waals surface area (Å²) in [5.41, 5.74) is 0.973. The van der Waals surface area contributed by atoms with Gasteiger partial charge in [-0.15, -0.1) is 11.8 Å². The van der Waals surface area contributed by atoms with Gasteiger partial charge in [-0.1, -0.05) is 0 Å². The van der Waals surface area contributed by atoms with E-state index in [9.17, 15) is 5.11 Å². The van der Waals surface area contributed by atoms with Gasteiger partial charge in [0.1, 0.15) is 11.9 Å². The first-order chi connectivity index (χ1) is 5.75. The van der Waals surface area contributed by atoms with Crippen LogP contribution in [0, 0.1) is 18.8 Å². The molecule has 1 unspecified atom stereocenters. The van der Waals surface area contributed by atoms with E-state index in [1.807, 2.05) is 13.0 Å². The highest BCUT2D eigenvalue weighted by Gasteiger charge is 2.11. The van der Waals surface area contributed by atoms with Crippen LogP contribution >= 0.6 is 0 Å². The van der Waals surface area contributed by atoms with Gasteiger partial charge in [0.25, 0.3) is 0 Å². The summed E-state index contributed by atoms with van der Waals surface area (Å²) in [7, 11) is 0. The molecule has 0 bridgehead atoms. The van der Waals surface area contributed by atoms with Crippen LogP contribution in [0.2, 0.25) is 0 Å². The standard InChI is InChI=1S/C10H12O2/c1-3-4-5-9(11)10-8(2)6-7-12-10/h6-7,9,11H,5H2,1-2H3. The van der Waals surface area contributed by atoms with Gasteiger partial charge in [-0.2, -0.15) is 0 Å². The number of furan rings is 1. The maximum Gasteiger partial charge on any atom is 0.136 e. The van der Waals surface area contributed by atoms with Gasteiger partial charge in [-0.05, 0) is 25.5 Å². The van der Waals surface area contributed by atoms with Crippen LogP contribution in [0.25, 0.3) is 0 Å². The van der Waals surface area contributed by atoms with Crippen molar-refractivity contribution in [3.05, 3.63) is 23.7 Å². The van der Waals surface area contributed by atoms with Gasteiger partial charge in [0.15, 0.2) is 0 Å². The van der Waals surface area contributed by atoms with Crippen LogP contribution in [0.5, 0.6) is 0 Å². The monoisotopic (exact) mass is 164 g/mol. The minimum atomic E-state index is -0.590. The summed E-state index contributed by atoms with van der Waals surface area (Å²) >= 11 is 0. The van der Waals surface area contributed by atoms with E-state index in [2.05, 4.69) is 11.8 Å². The smallest absolute Gasteiger partial charge is 0.136 e. The molecule has 1 N–H and O–H groups in total. The molecule has 2 heteroatoms. The van der Waals surface area contributed by atoms with Gasteiger partial charge >= 0.3 is 0 Å². The van der Waals surface area contributed by atoms with Crippen LogP contribution in [0.3, 0.4) is 0 Å². The zero-order valence-electron chi connectivity index (χ0n) is 7.29. The van der Waals surface area contributed by atoms with Crippen LogP contribution < -0.4 is 0 Å². The Bertz CT molecular complexity index is 301. The zero-order valence-corrected chi connectivity index (χ0v) is 7.29. The third kappa shape index (κ3) is 1.90. The fraction of sp³-hybridized carbons (Fsp3) is 0.400. The van der Waals surface area contributed by atoms with Crippen molar-refractivity contribution in [2.45, 2.75) is 26.4 Å². The molecule has 0 aliphatic heterocycles. The molecular formula is C10H12O2. The first-order valence-electron chi connectivity index (χ1n) is 3.87. The van der Waals surface area contributed by atoms with Crippen molar-refractivity contribution in [2.75, 3.05) is 0 Å². The minimum Gasteiger partial charge on any atom is -0.466 e. The fourth-order valence-electron chi connectivity index (χ4n) is 1.02. The Kier molecular flexibility index (Phi) is 2.95. The normalized spacial score (nSPS) is 11.9. The highest BCUT2D eigenvalue weighted by molar-refractivity contribution is 5.18. The quantitative estimate of drug-likeness (QED) is 0.678. The second-order valence-corrected chi connectivity index (χ2v) is 2.61. The van der Waals surface area contributed by atoms with E-state index < -0.39 is 6.10 Å². The highest BCUT2D eigenvalue weighted by Crippen LogP contribution is 2.20. The Labute approximate surface area is 72.2 Å². The maximum atomic E-state index is 9.53. The van der Waals surface area contributed by atoms with Crippen LogP contribution in [0.1, 0.15) is 30.8 Å². The minimum absolute atomic E-state index is 0.435. The van der Waals surface area contributed by atoms with Crippen LogP contribution in [0.4, 0.5) is 0 Å². The molecule has 1 aromatic heterocycles. The Balaban J connectivity index is 2.68. The molecule has 1 heterocycles. The van der Waals surface area contributed by atoms with Crippen LogP contribution in [0.15, 0.2) is 16.7 Å². The lowest BCUT2D eigenvalue weighted by Crippen LogP contribution is -1.95. The van der Waals surface area contributed by atoms with E-state index in [1.165, 1.54) is 0 Å². The SMILES string of the molecule is CC#CCC(O)c1occc1C. The average Bonchev–Trinajstić information content (AvgIpc) is 2.47. The van der Waals surface area contributed by atoms with E-state index in [0.717, 1.165) is 5.56 Å². The van der Waals surface area contributed by atoms with E-state index in [-0.39, 0.29) is 0 Å². The summed E-state index contributed by atoms with van der Waals surface area (Å²) in [6.07, 6.45) is 1.42. The lowest BCUT2D eigenvalue weighted by atomic mass is 10.1. The van der Waals surface area contributed by atoms with Crippen molar-refractivity contribution in [1.82, 2.24) is 0 Å². The van der Waals surface area contributed by atoms with Gasteiger partial charge in [0.05, 0.1) is 6.26 Å². The summed E-state index contributed by atoms with van der Waals surface area (Å²) in [5.74, 6) is 6.15. The Morgan fingerprint density at radius 3 is 2.92 bits per heavy atom. The molecule has 0 radical (unpaired) electrons. The highest BCUT2D eigenvalue weighted by atomic mass is 16.4. The molecular weight excluding hydrogens is 152 g/mol. The molecule has 64 valence electrons. The number of hydrogen-bond acceptors (Lipinski definition) is 2. The molecule has 0 aliphatic carbocycles. The number of hydrogen-bond donors (Lipinski definition) is 1. The molecule has 1 rings (SSSR count). The Hall–Kier alpha value is -1.20. The van der Waals surface area contributed by atoms with E-state index in [1.54, 1.807) is 13.2 Å². The first kappa shape index (κ1) is 8.89. The van der Waals surface area contributed by atoms with Crippen LogP contribution in [-0.2, 0) is 0 Å². The lowest BCUT2D eigenvalue weighted by Gasteiger charge is -2.03. The van der Waals surface area contributed by atoms with Crippen LogP contribution in [-0.4, -0.2) is 5.11 Å². The van der Waals surface area contributed by atoms with Crippen molar-refractivity contribution < 1.29 is 9.52 Å². The zero-order chi connectivity index (χ0) is 8.97.